The summed E-state index contributed by atoms with van der Waals surface area (Å²) in [6.45, 7) is 8.47. The van der Waals surface area contributed by atoms with Crippen molar-refractivity contribution in [2.45, 2.75) is 40.3 Å². The Labute approximate surface area is 253 Å². The lowest BCUT2D eigenvalue weighted by Crippen LogP contribution is -2.39. The summed E-state index contributed by atoms with van der Waals surface area (Å²) >= 11 is 7.27. The van der Waals surface area contributed by atoms with Gasteiger partial charge in [0.1, 0.15) is 6.61 Å². The number of benzene rings is 3. The van der Waals surface area contributed by atoms with Gasteiger partial charge in [-0.1, -0.05) is 71.0 Å². The zero-order chi connectivity index (χ0) is 29.8. The van der Waals surface area contributed by atoms with E-state index in [0.717, 1.165) is 22.3 Å². The van der Waals surface area contributed by atoms with Gasteiger partial charge in [0.15, 0.2) is 16.3 Å². The van der Waals surface area contributed by atoms with Gasteiger partial charge in [-0.05, 0) is 74.7 Å². The molecule has 4 aromatic rings. The summed E-state index contributed by atoms with van der Waals surface area (Å²) in [6, 6.07) is 20.2. The first-order chi connectivity index (χ1) is 20.3. The van der Waals surface area contributed by atoms with Crippen molar-refractivity contribution < 1.29 is 19.0 Å². The Balaban J connectivity index is 1.54. The van der Waals surface area contributed by atoms with Crippen LogP contribution in [0, 0.1) is 6.92 Å². The molecule has 42 heavy (non-hydrogen) atoms. The molecule has 0 unspecified atom stereocenters. The quantitative estimate of drug-likeness (QED) is 0.228. The number of allylic oxidation sites excluding steroid dienone is 1. The maximum absolute atomic E-state index is 13.9. The summed E-state index contributed by atoms with van der Waals surface area (Å²) in [7, 11) is 0. The molecular formula is C33H31ClN2O5S. The highest BCUT2D eigenvalue weighted by Gasteiger charge is 2.33. The summed E-state index contributed by atoms with van der Waals surface area (Å²) in [6.07, 6.45) is 1.81. The predicted molar refractivity (Wildman–Crippen MR) is 165 cm³/mol. The number of ether oxygens (including phenoxy) is 3. The van der Waals surface area contributed by atoms with Crippen LogP contribution >= 0.6 is 22.9 Å². The Hall–Kier alpha value is -4.14. The van der Waals surface area contributed by atoms with Crippen LogP contribution in [0.5, 0.6) is 11.5 Å². The van der Waals surface area contributed by atoms with Crippen LogP contribution in [0.1, 0.15) is 49.1 Å². The molecule has 1 atom stereocenters. The van der Waals surface area contributed by atoms with Crippen LogP contribution in [0.4, 0.5) is 0 Å². The average molecular weight is 603 g/mol. The second-order valence-electron chi connectivity index (χ2n) is 9.77. The SMILES string of the molecule is CCOC(=O)C1=C(C)N=c2sc(=Cc3ccc(OCc4ccc(Cl)cc4)c(OCC)c3)c(=O)n2[C@H]1c1ccc(C)cc1. The maximum Gasteiger partial charge on any atom is 0.338 e. The van der Waals surface area contributed by atoms with Gasteiger partial charge in [0.25, 0.3) is 5.56 Å². The number of esters is 1. The number of fused-ring (bicyclic) bond motifs is 1. The zero-order valence-electron chi connectivity index (χ0n) is 23.8. The third-order valence-corrected chi connectivity index (χ3v) is 8.02. The summed E-state index contributed by atoms with van der Waals surface area (Å²) in [5, 5.41) is 0.667. The van der Waals surface area contributed by atoms with E-state index in [2.05, 4.69) is 4.99 Å². The predicted octanol–water partition coefficient (Wildman–Crippen LogP) is 5.74. The Morgan fingerprint density at radius 1 is 0.976 bits per heavy atom. The van der Waals surface area contributed by atoms with Gasteiger partial charge in [0.2, 0.25) is 0 Å². The molecule has 2 heterocycles. The standard InChI is InChI=1S/C33H31ClN2O5S/c1-5-39-27-17-23(11-16-26(27)41-19-22-9-14-25(34)15-10-22)18-28-31(37)36-30(24-12-7-20(3)8-13-24)29(32(38)40-6-2)21(4)35-33(36)42-28/h7-18,30H,5-6,19H2,1-4H3/t30-/m0/s1. The van der Waals surface area contributed by atoms with Crippen LogP contribution in [0.2, 0.25) is 5.02 Å². The molecule has 1 aliphatic heterocycles. The van der Waals surface area contributed by atoms with E-state index in [1.807, 2.05) is 86.7 Å². The third-order valence-electron chi connectivity index (χ3n) is 6.78. The van der Waals surface area contributed by atoms with Gasteiger partial charge in [-0.15, -0.1) is 0 Å². The number of hydrogen-bond donors (Lipinski definition) is 0. The molecule has 0 fully saturated rings. The lowest BCUT2D eigenvalue weighted by molar-refractivity contribution is -0.139. The fraction of sp³-hybridized carbons (Fsp3) is 0.242. The second-order valence-corrected chi connectivity index (χ2v) is 11.2. The van der Waals surface area contributed by atoms with Crippen LogP contribution in [0.3, 0.4) is 0 Å². The number of thiazole rings is 1. The molecule has 0 radical (unpaired) electrons. The first kappa shape index (κ1) is 29.4. The Morgan fingerprint density at radius 3 is 2.40 bits per heavy atom. The van der Waals surface area contributed by atoms with Crippen molar-refractivity contribution in [1.82, 2.24) is 4.57 Å². The van der Waals surface area contributed by atoms with Crippen molar-refractivity contribution in [2.75, 3.05) is 13.2 Å². The van der Waals surface area contributed by atoms with E-state index in [1.54, 1.807) is 18.4 Å². The van der Waals surface area contributed by atoms with E-state index >= 15 is 0 Å². The molecule has 7 nitrogen and oxygen atoms in total. The van der Waals surface area contributed by atoms with E-state index in [4.69, 9.17) is 25.8 Å². The fourth-order valence-electron chi connectivity index (χ4n) is 4.75. The zero-order valence-corrected chi connectivity index (χ0v) is 25.4. The lowest BCUT2D eigenvalue weighted by Gasteiger charge is -2.24. The van der Waals surface area contributed by atoms with Crippen LogP contribution < -0.4 is 24.4 Å². The van der Waals surface area contributed by atoms with E-state index in [9.17, 15) is 9.59 Å². The molecule has 0 N–H and O–H groups in total. The van der Waals surface area contributed by atoms with Crippen molar-refractivity contribution in [3.63, 3.8) is 0 Å². The smallest absolute Gasteiger partial charge is 0.338 e. The topological polar surface area (TPSA) is 79.1 Å². The second kappa shape index (κ2) is 12.8. The number of carbonyl (C=O) groups is 1. The molecule has 1 aliphatic rings. The van der Waals surface area contributed by atoms with Gasteiger partial charge in [-0.3, -0.25) is 9.36 Å². The average Bonchev–Trinajstić information content (AvgIpc) is 3.27. The number of hydrogen-bond acceptors (Lipinski definition) is 7. The molecule has 0 spiro atoms. The molecule has 0 saturated carbocycles. The van der Waals surface area contributed by atoms with Gasteiger partial charge < -0.3 is 14.2 Å². The van der Waals surface area contributed by atoms with E-state index < -0.39 is 12.0 Å². The molecular weight excluding hydrogens is 572 g/mol. The van der Waals surface area contributed by atoms with Crippen molar-refractivity contribution in [1.29, 1.82) is 0 Å². The number of rotatable bonds is 9. The van der Waals surface area contributed by atoms with Gasteiger partial charge >= 0.3 is 5.97 Å². The van der Waals surface area contributed by atoms with Gasteiger partial charge in [0, 0.05) is 5.02 Å². The minimum absolute atomic E-state index is 0.224. The molecule has 5 rings (SSSR count). The summed E-state index contributed by atoms with van der Waals surface area (Å²) in [5.74, 6) is 0.694. The van der Waals surface area contributed by atoms with Crippen LogP contribution in [0.15, 0.2) is 87.8 Å². The minimum atomic E-state index is -0.648. The molecule has 0 amide bonds. The lowest BCUT2D eigenvalue weighted by atomic mass is 9.95. The van der Waals surface area contributed by atoms with Crippen LogP contribution in [0.25, 0.3) is 6.08 Å². The van der Waals surface area contributed by atoms with E-state index in [0.29, 0.717) is 50.3 Å². The molecule has 1 aromatic heterocycles. The summed E-state index contributed by atoms with van der Waals surface area (Å²) in [5.41, 5.74) is 4.30. The molecule has 0 bridgehead atoms. The molecule has 9 heteroatoms. The molecule has 216 valence electrons. The summed E-state index contributed by atoms with van der Waals surface area (Å²) in [4.78, 5) is 32.2. The van der Waals surface area contributed by atoms with Crippen molar-refractivity contribution >= 4 is 35.0 Å². The molecule has 0 saturated heterocycles. The molecule has 3 aromatic carbocycles. The van der Waals surface area contributed by atoms with Crippen molar-refractivity contribution in [3.05, 3.63) is 125 Å². The highest BCUT2D eigenvalue weighted by atomic mass is 35.5. The van der Waals surface area contributed by atoms with Crippen LogP contribution in [-0.2, 0) is 16.1 Å². The normalized spacial score (nSPS) is 14.8. The minimum Gasteiger partial charge on any atom is -0.490 e. The maximum atomic E-state index is 13.9. The number of carbonyl (C=O) groups excluding carboxylic acids is 1. The summed E-state index contributed by atoms with van der Waals surface area (Å²) < 4.78 is 19.4. The Kier molecular flexibility index (Phi) is 8.94. The van der Waals surface area contributed by atoms with Gasteiger partial charge in [-0.2, -0.15) is 0 Å². The number of halogens is 1. The first-order valence-electron chi connectivity index (χ1n) is 13.7. The largest absolute Gasteiger partial charge is 0.490 e. The van der Waals surface area contributed by atoms with E-state index in [1.165, 1.54) is 11.3 Å². The highest BCUT2D eigenvalue weighted by molar-refractivity contribution is 7.07. The first-order valence-corrected chi connectivity index (χ1v) is 14.9. The Bertz CT molecular complexity index is 1820. The van der Waals surface area contributed by atoms with Gasteiger partial charge in [0.05, 0.1) is 35.1 Å². The van der Waals surface area contributed by atoms with Crippen molar-refractivity contribution in [3.8, 4) is 11.5 Å². The van der Waals surface area contributed by atoms with Gasteiger partial charge in [-0.25, -0.2) is 9.79 Å². The van der Waals surface area contributed by atoms with Crippen molar-refractivity contribution in [2.24, 2.45) is 4.99 Å². The number of nitrogens with zero attached hydrogens (tertiary/aromatic N) is 2. The highest BCUT2D eigenvalue weighted by Crippen LogP contribution is 2.32. The van der Waals surface area contributed by atoms with E-state index in [-0.39, 0.29) is 12.2 Å². The monoisotopic (exact) mass is 602 g/mol. The fourth-order valence-corrected chi connectivity index (χ4v) is 5.92. The Morgan fingerprint density at radius 2 is 1.71 bits per heavy atom. The molecule has 0 aliphatic carbocycles. The number of aryl methyl sites for hydroxylation is 1. The van der Waals surface area contributed by atoms with Crippen LogP contribution in [-0.4, -0.2) is 23.8 Å². The third kappa shape index (κ3) is 6.20. The number of aromatic nitrogens is 1.